The molecule has 0 aliphatic heterocycles. The van der Waals surface area contributed by atoms with Crippen molar-refractivity contribution in [3.8, 4) is 0 Å². The molecule has 0 heterocycles. The molecule has 0 spiro atoms. The standard InChI is InChI=1S/C9H19N/c1-5-7-10-9(4)8(3)6-2/h5,8-10H,1,6-7H2,2-4H3/t8-,9+/m0/s1. The highest BCUT2D eigenvalue weighted by atomic mass is 14.9. The molecule has 0 rings (SSSR count). The van der Waals surface area contributed by atoms with Crippen LogP contribution in [0.15, 0.2) is 12.7 Å². The first kappa shape index (κ1) is 9.70. The first-order valence-electron chi connectivity index (χ1n) is 4.06. The third-order valence-electron chi connectivity index (χ3n) is 2.08. The summed E-state index contributed by atoms with van der Waals surface area (Å²) in [6.07, 6.45) is 3.14. The molecule has 1 N–H and O–H groups in total. The van der Waals surface area contributed by atoms with E-state index >= 15 is 0 Å². The van der Waals surface area contributed by atoms with Crippen LogP contribution in [0, 0.1) is 5.92 Å². The number of rotatable bonds is 5. The summed E-state index contributed by atoms with van der Waals surface area (Å²) in [5, 5.41) is 3.36. The number of nitrogens with one attached hydrogen (secondary N) is 1. The first-order chi connectivity index (χ1) is 4.72. The van der Waals surface area contributed by atoms with E-state index in [1.807, 2.05) is 6.08 Å². The second-order valence-electron chi connectivity index (χ2n) is 2.87. The van der Waals surface area contributed by atoms with Crippen molar-refractivity contribution >= 4 is 0 Å². The second-order valence-corrected chi connectivity index (χ2v) is 2.87. The van der Waals surface area contributed by atoms with E-state index in [-0.39, 0.29) is 0 Å². The van der Waals surface area contributed by atoms with E-state index in [0.29, 0.717) is 6.04 Å². The molecule has 0 unspecified atom stereocenters. The molecule has 2 atom stereocenters. The molecule has 0 aromatic heterocycles. The first-order valence-corrected chi connectivity index (χ1v) is 4.06. The maximum Gasteiger partial charge on any atom is 0.0134 e. The van der Waals surface area contributed by atoms with Gasteiger partial charge in [0.25, 0.3) is 0 Å². The van der Waals surface area contributed by atoms with Crippen LogP contribution in [0.4, 0.5) is 0 Å². The Hall–Kier alpha value is -0.300. The van der Waals surface area contributed by atoms with Crippen molar-refractivity contribution in [3.05, 3.63) is 12.7 Å². The number of hydrogen-bond acceptors (Lipinski definition) is 1. The van der Waals surface area contributed by atoms with Crippen molar-refractivity contribution in [2.45, 2.75) is 33.2 Å². The molecular weight excluding hydrogens is 122 g/mol. The highest BCUT2D eigenvalue weighted by Gasteiger charge is 2.06. The quantitative estimate of drug-likeness (QED) is 0.579. The Bertz CT molecular complexity index is 88.7. The minimum atomic E-state index is 0.614. The molecule has 0 fully saturated rings. The van der Waals surface area contributed by atoms with Gasteiger partial charge in [0.05, 0.1) is 0 Å². The van der Waals surface area contributed by atoms with Crippen LogP contribution in [0.2, 0.25) is 0 Å². The van der Waals surface area contributed by atoms with Crippen molar-refractivity contribution in [2.24, 2.45) is 5.92 Å². The molecule has 0 aromatic carbocycles. The topological polar surface area (TPSA) is 12.0 Å². The van der Waals surface area contributed by atoms with Gasteiger partial charge in [0.1, 0.15) is 0 Å². The van der Waals surface area contributed by atoms with E-state index in [0.717, 1.165) is 12.5 Å². The van der Waals surface area contributed by atoms with Gasteiger partial charge >= 0.3 is 0 Å². The summed E-state index contributed by atoms with van der Waals surface area (Å²) in [7, 11) is 0. The predicted molar refractivity (Wildman–Crippen MR) is 47.1 cm³/mol. The Morgan fingerprint density at radius 2 is 2.10 bits per heavy atom. The minimum Gasteiger partial charge on any atom is -0.311 e. The molecule has 1 heteroatoms. The largest absolute Gasteiger partial charge is 0.311 e. The zero-order chi connectivity index (χ0) is 7.98. The lowest BCUT2D eigenvalue weighted by Crippen LogP contribution is -2.31. The highest BCUT2D eigenvalue weighted by Crippen LogP contribution is 2.05. The molecule has 0 saturated carbocycles. The summed E-state index contributed by atoms with van der Waals surface area (Å²) < 4.78 is 0. The van der Waals surface area contributed by atoms with Gasteiger partial charge in [-0.15, -0.1) is 6.58 Å². The van der Waals surface area contributed by atoms with Crippen LogP contribution in [-0.4, -0.2) is 12.6 Å². The highest BCUT2D eigenvalue weighted by molar-refractivity contribution is 4.75. The third-order valence-corrected chi connectivity index (χ3v) is 2.08. The van der Waals surface area contributed by atoms with Crippen LogP contribution in [0.25, 0.3) is 0 Å². The maximum atomic E-state index is 3.66. The van der Waals surface area contributed by atoms with Crippen molar-refractivity contribution in [3.63, 3.8) is 0 Å². The molecule has 1 nitrogen and oxygen atoms in total. The SMILES string of the molecule is C=CCN[C@H](C)[C@@H](C)CC. The normalized spacial score (nSPS) is 16.3. The summed E-state index contributed by atoms with van der Waals surface area (Å²) in [6, 6.07) is 0.614. The van der Waals surface area contributed by atoms with Gasteiger partial charge in [0.2, 0.25) is 0 Å². The van der Waals surface area contributed by atoms with E-state index < -0.39 is 0 Å². The van der Waals surface area contributed by atoms with E-state index in [1.54, 1.807) is 0 Å². The van der Waals surface area contributed by atoms with Gasteiger partial charge in [-0.05, 0) is 12.8 Å². The molecule has 60 valence electrons. The molecule has 0 aliphatic rings. The third kappa shape index (κ3) is 3.67. The summed E-state index contributed by atoms with van der Waals surface area (Å²) in [5.74, 6) is 0.764. The number of hydrogen-bond donors (Lipinski definition) is 1. The Morgan fingerprint density at radius 1 is 1.50 bits per heavy atom. The lowest BCUT2D eigenvalue weighted by atomic mass is 10.0. The zero-order valence-corrected chi connectivity index (χ0v) is 7.35. The average molecular weight is 141 g/mol. The van der Waals surface area contributed by atoms with E-state index in [9.17, 15) is 0 Å². The Morgan fingerprint density at radius 3 is 2.50 bits per heavy atom. The molecule has 10 heavy (non-hydrogen) atoms. The van der Waals surface area contributed by atoms with Crippen LogP contribution in [0.1, 0.15) is 27.2 Å². The fourth-order valence-corrected chi connectivity index (χ4v) is 0.824. The smallest absolute Gasteiger partial charge is 0.0134 e. The lowest BCUT2D eigenvalue weighted by Gasteiger charge is -2.18. The maximum absolute atomic E-state index is 3.66. The van der Waals surface area contributed by atoms with Crippen LogP contribution in [-0.2, 0) is 0 Å². The van der Waals surface area contributed by atoms with Gasteiger partial charge in [0, 0.05) is 12.6 Å². The predicted octanol–water partition coefficient (Wildman–Crippen LogP) is 2.20. The molecule has 0 bridgehead atoms. The monoisotopic (exact) mass is 141 g/mol. The van der Waals surface area contributed by atoms with Crippen molar-refractivity contribution < 1.29 is 0 Å². The Kier molecular flexibility index (Phi) is 5.32. The minimum absolute atomic E-state index is 0.614. The summed E-state index contributed by atoms with van der Waals surface area (Å²) >= 11 is 0. The fourth-order valence-electron chi connectivity index (χ4n) is 0.824. The Labute approximate surface area is 64.5 Å². The van der Waals surface area contributed by atoms with Gasteiger partial charge in [-0.3, -0.25) is 0 Å². The average Bonchev–Trinajstić information content (AvgIpc) is 1.98. The van der Waals surface area contributed by atoms with Crippen molar-refractivity contribution in [2.75, 3.05) is 6.54 Å². The summed E-state index contributed by atoms with van der Waals surface area (Å²) in [4.78, 5) is 0. The van der Waals surface area contributed by atoms with Gasteiger partial charge in [-0.25, -0.2) is 0 Å². The summed E-state index contributed by atoms with van der Waals surface area (Å²) in [6.45, 7) is 11.3. The summed E-state index contributed by atoms with van der Waals surface area (Å²) in [5.41, 5.74) is 0. The van der Waals surface area contributed by atoms with Gasteiger partial charge < -0.3 is 5.32 Å². The van der Waals surface area contributed by atoms with Gasteiger partial charge in [-0.2, -0.15) is 0 Å². The van der Waals surface area contributed by atoms with Crippen molar-refractivity contribution in [1.29, 1.82) is 0 Å². The molecule has 0 aliphatic carbocycles. The van der Waals surface area contributed by atoms with Crippen molar-refractivity contribution in [1.82, 2.24) is 5.32 Å². The Balaban J connectivity index is 3.40. The van der Waals surface area contributed by atoms with Crippen LogP contribution >= 0.6 is 0 Å². The van der Waals surface area contributed by atoms with Crippen LogP contribution in [0.5, 0.6) is 0 Å². The molecule has 0 saturated heterocycles. The van der Waals surface area contributed by atoms with E-state index in [2.05, 4.69) is 32.7 Å². The van der Waals surface area contributed by atoms with Crippen LogP contribution < -0.4 is 5.32 Å². The lowest BCUT2D eigenvalue weighted by molar-refractivity contribution is 0.404. The zero-order valence-electron chi connectivity index (χ0n) is 7.35. The molecule has 0 aromatic rings. The van der Waals surface area contributed by atoms with Gasteiger partial charge in [-0.1, -0.05) is 26.3 Å². The van der Waals surface area contributed by atoms with Crippen LogP contribution in [0.3, 0.4) is 0 Å². The van der Waals surface area contributed by atoms with Gasteiger partial charge in [0.15, 0.2) is 0 Å². The van der Waals surface area contributed by atoms with E-state index in [4.69, 9.17) is 0 Å². The molecule has 0 amide bonds. The molecule has 0 radical (unpaired) electrons. The molecular formula is C9H19N. The fraction of sp³-hybridized carbons (Fsp3) is 0.778. The second kappa shape index (κ2) is 5.48. The van der Waals surface area contributed by atoms with E-state index in [1.165, 1.54) is 6.42 Å².